The highest BCUT2D eigenvalue weighted by atomic mass is 35.5. The van der Waals surface area contributed by atoms with E-state index in [2.05, 4.69) is 25.0 Å². The fourth-order valence-electron chi connectivity index (χ4n) is 3.36. The van der Waals surface area contributed by atoms with E-state index >= 15 is 0 Å². The van der Waals surface area contributed by atoms with Gasteiger partial charge in [0.15, 0.2) is 11.6 Å². The van der Waals surface area contributed by atoms with Gasteiger partial charge in [-0.15, -0.1) is 0 Å². The Morgan fingerprint density at radius 3 is 2.70 bits per heavy atom. The minimum Gasteiger partial charge on any atom is -0.339 e. The van der Waals surface area contributed by atoms with Crippen molar-refractivity contribution < 1.29 is 4.79 Å². The van der Waals surface area contributed by atoms with Crippen LogP contribution in [0.5, 0.6) is 0 Å². The minimum absolute atomic E-state index is 0.224. The molecule has 0 bridgehead atoms. The maximum absolute atomic E-state index is 13.4. The number of hydrogen-bond donors (Lipinski definition) is 1. The van der Waals surface area contributed by atoms with Gasteiger partial charge in [-0.05, 0) is 39.0 Å². The molecular weight excluding hydrogens is 402 g/mol. The van der Waals surface area contributed by atoms with Crippen molar-refractivity contribution >= 4 is 28.4 Å². The first-order valence-electron chi connectivity index (χ1n) is 9.63. The van der Waals surface area contributed by atoms with Crippen molar-refractivity contribution in [2.24, 2.45) is 0 Å². The summed E-state index contributed by atoms with van der Waals surface area (Å²) >= 11 is 6.19. The Hall–Kier alpha value is -3.26. The summed E-state index contributed by atoms with van der Waals surface area (Å²) in [6.07, 6.45) is 3.50. The van der Waals surface area contributed by atoms with Crippen molar-refractivity contribution in [1.82, 2.24) is 34.6 Å². The third-order valence-electron chi connectivity index (χ3n) is 5.03. The highest BCUT2D eigenvalue weighted by Crippen LogP contribution is 2.25. The number of H-pyrrole nitrogens is 1. The number of aryl methyl sites for hydroxylation is 2. The molecule has 4 aromatic rings. The van der Waals surface area contributed by atoms with Crippen LogP contribution in [0, 0.1) is 13.8 Å². The molecule has 3 heterocycles. The summed E-state index contributed by atoms with van der Waals surface area (Å²) < 4.78 is 1.91. The monoisotopic (exact) mass is 423 g/mol. The number of aromatic nitrogens is 6. The summed E-state index contributed by atoms with van der Waals surface area (Å²) in [6, 6.07) is 5.24. The summed E-state index contributed by atoms with van der Waals surface area (Å²) in [4.78, 5) is 31.6. The van der Waals surface area contributed by atoms with E-state index < -0.39 is 0 Å². The lowest BCUT2D eigenvalue weighted by atomic mass is 10.1. The van der Waals surface area contributed by atoms with Crippen molar-refractivity contribution in [3.05, 3.63) is 58.3 Å². The van der Waals surface area contributed by atoms with Crippen LogP contribution in [0.2, 0.25) is 5.02 Å². The number of imidazole rings is 1. The fourth-order valence-corrected chi connectivity index (χ4v) is 3.54. The van der Waals surface area contributed by atoms with Gasteiger partial charge in [-0.25, -0.2) is 15.0 Å². The Morgan fingerprint density at radius 1 is 1.23 bits per heavy atom. The Bertz CT molecular complexity index is 1240. The number of amides is 1. The van der Waals surface area contributed by atoms with Crippen LogP contribution in [0.25, 0.3) is 22.6 Å². The lowest BCUT2D eigenvalue weighted by Crippen LogP contribution is -2.28. The van der Waals surface area contributed by atoms with Crippen LogP contribution in [-0.4, -0.2) is 47.6 Å². The van der Waals surface area contributed by atoms with Crippen LogP contribution in [0.4, 0.5) is 0 Å². The summed E-state index contributed by atoms with van der Waals surface area (Å²) in [6.45, 7) is 7.14. The summed E-state index contributed by atoms with van der Waals surface area (Å²) in [7, 11) is 1.75. The zero-order valence-electron chi connectivity index (χ0n) is 17.3. The standard InChI is InChI=1S/C21H22ClN7O/c1-5-29-13(3)14(10-24-29)11-28(4)21(30)18-16-8-15(22)6-7-17(16)26-20(27-18)19-23-9-12(2)25-19/h6-10H,5,11H2,1-4H3,(H,23,25). The van der Waals surface area contributed by atoms with E-state index in [1.165, 1.54) is 0 Å². The molecule has 0 atom stereocenters. The Balaban J connectivity index is 1.76. The molecule has 0 saturated heterocycles. The highest BCUT2D eigenvalue weighted by molar-refractivity contribution is 6.31. The van der Waals surface area contributed by atoms with Gasteiger partial charge < -0.3 is 9.88 Å². The number of fused-ring (bicyclic) bond motifs is 1. The van der Waals surface area contributed by atoms with E-state index in [1.807, 2.05) is 25.5 Å². The normalized spacial score (nSPS) is 11.2. The molecule has 0 aliphatic heterocycles. The lowest BCUT2D eigenvalue weighted by Gasteiger charge is -2.18. The predicted molar refractivity (Wildman–Crippen MR) is 115 cm³/mol. The Labute approximate surface area is 178 Å². The van der Waals surface area contributed by atoms with Crippen LogP contribution in [0.15, 0.2) is 30.6 Å². The largest absolute Gasteiger partial charge is 0.339 e. The van der Waals surface area contributed by atoms with Gasteiger partial charge in [-0.2, -0.15) is 5.10 Å². The van der Waals surface area contributed by atoms with Crippen LogP contribution < -0.4 is 0 Å². The molecule has 0 aliphatic rings. The Morgan fingerprint density at radius 2 is 2.03 bits per heavy atom. The molecule has 0 fully saturated rings. The number of carbonyl (C=O) groups is 1. The number of carbonyl (C=O) groups excluding carboxylic acids is 1. The number of nitrogens with one attached hydrogen (secondary N) is 1. The van der Waals surface area contributed by atoms with Gasteiger partial charge in [0.05, 0.1) is 11.7 Å². The quantitative estimate of drug-likeness (QED) is 0.527. The molecule has 3 aromatic heterocycles. The number of hydrogen-bond acceptors (Lipinski definition) is 5. The molecule has 0 unspecified atom stereocenters. The first-order chi connectivity index (χ1) is 14.4. The highest BCUT2D eigenvalue weighted by Gasteiger charge is 2.21. The molecule has 0 aliphatic carbocycles. The molecule has 1 aromatic carbocycles. The van der Waals surface area contributed by atoms with Gasteiger partial charge in [-0.3, -0.25) is 9.48 Å². The molecule has 0 radical (unpaired) electrons. The van der Waals surface area contributed by atoms with Gasteiger partial charge in [0.2, 0.25) is 0 Å². The van der Waals surface area contributed by atoms with Crippen molar-refractivity contribution in [3.63, 3.8) is 0 Å². The van der Waals surface area contributed by atoms with Crippen LogP contribution in [0.1, 0.15) is 34.4 Å². The zero-order chi connectivity index (χ0) is 21.4. The van der Waals surface area contributed by atoms with Gasteiger partial charge in [0.1, 0.15) is 5.69 Å². The molecular formula is C21H22ClN7O. The smallest absolute Gasteiger partial charge is 0.273 e. The number of rotatable bonds is 5. The van der Waals surface area contributed by atoms with E-state index in [4.69, 9.17) is 11.6 Å². The molecule has 30 heavy (non-hydrogen) atoms. The topological polar surface area (TPSA) is 92.6 Å². The maximum Gasteiger partial charge on any atom is 0.273 e. The third-order valence-corrected chi connectivity index (χ3v) is 5.27. The molecule has 154 valence electrons. The van der Waals surface area contributed by atoms with E-state index in [-0.39, 0.29) is 11.6 Å². The fraction of sp³-hybridized carbons (Fsp3) is 0.286. The van der Waals surface area contributed by atoms with E-state index in [0.717, 1.165) is 23.5 Å². The number of benzene rings is 1. The van der Waals surface area contributed by atoms with Gasteiger partial charge >= 0.3 is 0 Å². The van der Waals surface area contributed by atoms with Gasteiger partial charge in [0, 0.05) is 53.7 Å². The third kappa shape index (κ3) is 3.66. The van der Waals surface area contributed by atoms with Crippen molar-refractivity contribution in [3.8, 4) is 11.6 Å². The second-order valence-electron chi connectivity index (χ2n) is 7.20. The number of nitrogens with zero attached hydrogens (tertiary/aromatic N) is 6. The molecule has 8 nitrogen and oxygen atoms in total. The molecule has 0 saturated carbocycles. The Kier molecular flexibility index (Phi) is 5.26. The van der Waals surface area contributed by atoms with Crippen LogP contribution >= 0.6 is 11.6 Å². The predicted octanol–water partition coefficient (Wildman–Crippen LogP) is 3.78. The minimum atomic E-state index is -0.224. The average Bonchev–Trinajstić information content (AvgIpc) is 3.32. The van der Waals surface area contributed by atoms with E-state index in [9.17, 15) is 4.79 Å². The second kappa shape index (κ2) is 7.87. The van der Waals surface area contributed by atoms with Crippen LogP contribution in [0.3, 0.4) is 0 Å². The summed E-state index contributed by atoms with van der Waals surface area (Å²) in [5, 5.41) is 5.48. The average molecular weight is 424 g/mol. The lowest BCUT2D eigenvalue weighted by molar-refractivity contribution is 0.0781. The maximum atomic E-state index is 13.4. The van der Waals surface area contributed by atoms with E-state index in [0.29, 0.717) is 34.1 Å². The van der Waals surface area contributed by atoms with Crippen molar-refractivity contribution in [2.75, 3.05) is 7.05 Å². The first kappa shape index (κ1) is 20.0. The van der Waals surface area contributed by atoms with Crippen LogP contribution in [-0.2, 0) is 13.1 Å². The molecule has 9 heteroatoms. The second-order valence-corrected chi connectivity index (χ2v) is 7.64. The molecule has 4 rings (SSSR count). The van der Waals surface area contributed by atoms with Gasteiger partial charge in [0.25, 0.3) is 5.91 Å². The number of aromatic amines is 1. The van der Waals surface area contributed by atoms with E-state index in [1.54, 1.807) is 42.5 Å². The molecule has 1 amide bonds. The van der Waals surface area contributed by atoms with Gasteiger partial charge in [-0.1, -0.05) is 11.6 Å². The molecule has 0 spiro atoms. The molecule has 1 N–H and O–H groups in total. The SMILES string of the molecule is CCn1ncc(CN(C)C(=O)c2nc(-c3ncc(C)[nH]3)nc3ccc(Cl)cc23)c1C. The first-order valence-corrected chi connectivity index (χ1v) is 10.0. The van der Waals surface area contributed by atoms with Crippen molar-refractivity contribution in [1.29, 1.82) is 0 Å². The summed E-state index contributed by atoms with van der Waals surface area (Å²) in [5.41, 5.74) is 3.84. The zero-order valence-corrected chi connectivity index (χ0v) is 18.0. The summed E-state index contributed by atoms with van der Waals surface area (Å²) in [5.74, 6) is 0.656. The van der Waals surface area contributed by atoms with Crippen molar-refractivity contribution in [2.45, 2.75) is 33.9 Å². The number of halogens is 1.